The highest BCUT2D eigenvalue weighted by atomic mass is 35.5. The van der Waals surface area contributed by atoms with Crippen LogP contribution in [0.3, 0.4) is 0 Å². The second-order valence-electron chi connectivity index (χ2n) is 5.79. The fourth-order valence-electron chi connectivity index (χ4n) is 2.44. The molecule has 27 heavy (non-hydrogen) atoms. The average Bonchev–Trinajstić information content (AvgIpc) is 3.05. The monoisotopic (exact) mass is 406 g/mol. The highest BCUT2D eigenvalue weighted by Gasteiger charge is 2.13. The van der Waals surface area contributed by atoms with E-state index < -0.39 is 10.0 Å². The fourth-order valence-corrected chi connectivity index (χ4v) is 3.29. The van der Waals surface area contributed by atoms with Gasteiger partial charge in [0.15, 0.2) is 19.1 Å². The highest BCUT2D eigenvalue weighted by molar-refractivity contribution is 7.89. The predicted molar refractivity (Wildman–Crippen MR) is 98.7 cm³/mol. The zero-order valence-corrected chi connectivity index (χ0v) is 15.9. The molecule has 0 aliphatic heterocycles. The molecule has 10 heteroatoms. The number of aryl methyl sites for hydroxylation is 1. The van der Waals surface area contributed by atoms with Crippen LogP contribution in [0.15, 0.2) is 59.9 Å². The van der Waals surface area contributed by atoms with Gasteiger partial charge in [-0.25, -0.2) is 18.5 Å². The van der Waals surface area contributed by atoms with E-state index in [4.69, 9.17) is 16.7 Å². The molecule has 8 nitrogen and oxygen atoms in total. The summed E-state index contributed by atoms with van der Waals surface area (Å²) in [6.45, 7) is 0.136. The van der Waals surface area contributed by atoms with Gasteiger partial charge in [0.25, 0.3) is 5.91 Å². The molecule has 0 bridgehead atoms. The van der Waals surface area contributed by atoms with E-state index in [1.807, 2.05) is 34.9 Å². The van der Waals surface area contributed by atoms with Crippen LogP contribution in [-0.4, -0.2) is 24.0 Å². The van der Waals surface area contributed by atoms with Gasteiger partial charge < -0.3 is 5.32 Å². The lowest BCUT2D eigenvalue weighted by atomic mass is 10.2. The van der Waals surface area contributed by atoms with Crippen LogP contribution in [-0.2, 0) is 23.6 Å². The van der Waals surface area contributed by atoms with E-state index in [-0.39, 0.29) is 22.4 Å². The number of halogens is 1. The van der Waals surface area contributed by atoms with Crippen LogP contribution in [0.5, 0.6) is 0 Å². The molecule has 1 amide bonds. The Morgan fingerprint density at radius 1 is 1.33 bits per heavy atom. The van der Waals surface area contributed by atoms with Gasteiger partial charge in [0.05, 0.1) is 16.7 Å². The average molecular weight is 407 g/mol. The Morgan fingerprint density at radius 3 is 2.67 bits per heavy atom. The maximum atomic E-state index is 12.3. The molecular formula is C17H17ClN5O3S+. The number of hydrogen-bond acceptors (Lipinski definition) is 4. The molecule has 0 aliphatic rings. The standard InChI is InChI=1S/C17H16ClN5O3S/c1-22-7-2-8-23(22)16-6-4-13(11-20-16)17(24)21-10-12-3-5-14(9-15(12)18)27(19,25)26/h2-9,11H,10H2,1H3,(H2-,19,21,24,25,26)/p+1. The molecule has 0 saturated heterocycles. The van der Waals surface area contributed by atoms with Crippen LogP contribution < -0.4 is 15.1 Å². The molecule has 0 unspecified atom stereocenters. The summed E-state index contributed by atoms with van der Waals surface area (Å²) in [6, 6.07) is 9.40. The van der Waals surface area contributed by atoms with Gasteiger partial charge in [-0.2, -0.15) is 0 Å². The number of aromatic nitrogens is 3. The Hall–Kier alpha value is -2.75. The lowest BCUT2D eigenvalue weighted by Gasteiger charge is -2.08. The van der Waals surface area contributed by atoms with Crippen LogP contribution in [0.2, 0.25) is 5.02 Å². The normalized spacial score (nSPS) is 11.4. The fraction of sp³-hybridized carbons (Fsp3) is 0.118. The highest BCUT2D eigenvalue weighted by Crippen LogP contribution is 2.20. The van der Waals surface area contributed by atoms with Gasteiger partial charge in [-0.15, -0.1) is 9.36 Å². The molecule has 0 spiro atoms. The van der Waals surface area contributed by atoms with Crippen LogP contribution in [0.4, 0.5) is 0 Å². The number of carbonyl (C=O) groups excluding carboxylic acids is 1. The minimum atomic E-state index is -3.83. The first-order valence-corrected chi connectivity index (χ1v) is 9.77. The van der Waals surface area contributed by atoms with E-state index in [0.29, 0.717) is 16.9 Å². The third-order valence-corrected chi connectivity index (χ3v) is 5.17. The number of nitrogens with two attached hydrogens (primary N) is 1. The van der Waals surface area contributed by atoms with Gasteiger partial charge in [-0.3, -0.25) is 4.79 Å². The molecule has 0 aliphatic carbocycles. The van der Waals surface area contributed by atoms with E-state index in [9.17, 15) is 13.2 Å². The van der Waals surface area contributed by atoms with E-state index in [0.717, 1.165) is 0 Å². The summed E-state index contributed by atoms with van der Waals surface area (Å²) in [5, 5.41) is 7.99. The first-order valence-electron chi connectivity index (χ1n) is 7.85. The number of nitrogens with one attached hydrogen (secondary N) is 1. The number of hydrogen-bond donors (Lipinski definition) is 2. The van der Waals surface area contributed by atoms with E-state index in [1.165, 1.54) is 24.4 Å². The SMILES string of the molecule is C[n+]1cccn1-c1ccc(C(=O)NCc2ccc(S(N)(=O)=O)cc2Cl)cn1. The number of sulfonamides is 1. The molecule has 140 valence electrons. The topological polar surface area (TPSA) is 111 Å². The van der Waals surface area contributed by atoms with Crippen molar-refractivity contribution in [2.24, 2.45) is 12.2 Å². The molecule has 2 heterocycles. The largest absolute Gasteiger partial charge is 0.348 e. The number of amides is 1. The molecule has 3 N–H and O–H groups in total. The lowest BCUT2D eigenvalue weighted by Crippen LogP contribution is -2.37. The van der Waals surface area contributed by atoms with Gasteiger partial charge in [0, 0.05) is 23.8 Å². The van der Waals surface area contributed by atoms with Crippen molar-refractivity contribution in [1.29, 1.82) is 0 Å². The molecule has 0 fully saturated rings. The van der Waals surface area contributed by atoms with Crippen molar-refractivity contribution in [1.82, 2.24) is 15.0 Å². The Morgan fingerprint density at radius 2 is 2.11 bits per heavy atom. The summed E-state index contributed by atoms with van der Waals surface area (Å²) in [6.07, 6.45) is 5.22. The summed E-state index contributed by atoms with van der Waals surface area (Å²) >= 11 is 6.07. The third kappa shape index (κ3) is 4.33. The van der Waals surface area contributed by atoms with Crippen LogP contribution in [0.1, 0.15) is 15.9 Å². The van der Waals surface area contributed by atoms with E-state index >= 15 is 0 Å². The van der Waals surface area contributed by atoms with Crippen LogP contribution in [0, 0.1) is 0 Å². The molecular weight excluding hydrogens is 390 g/mol. The Labute approximate surface area is 161 Å². The molecule has 2 aromatic heterocycles. The summed E-state index contributed by atoms with van der Waals surface area (Å²) in [7, 11) is -1.94. The first-order chi connectivity index (χ1) is 12.8. The second kappa shape index (κ2) is 7.47. The number of benzene rings is 1. The van der Waals surface area contributed by atoms with Crippen molar-refractivity contribution in [3.63, 3.8) is 0 Å². The third-order valence-electron chi connectivity index (χ3n) is 3.91. The van der Waals surface area contributed by atoms with Gasteiger partial charge in [0.1, 0.15) is 0 Å². The zero-order chi connectivity index (χ0) is 19.6. The molecule has 0 saturated carbocycles. The maximum Gasteiger partial charge on any atom is 0.253 e. The van der Waals surface area contributed by atoms with Crippen molar-refractivity contribution >= 4 is 27.5 Å². The smallest absolute Gasteiger partial charge is 0.253 e. The van der Waals surface area contributed by atoms with Gasteiger partial charge in [-0.1, -0.05) is 17.7 Å². The predicted octanol–water partition coefficient (Wildman–Crippen LogP) is 0.928. The van der Waals surface area contributed by atoms with Crippen LogP contribution in [0.25, 0.3) is 5.82 Å². The minimum Gasteiger partial charge on any atom is -0.348 e. The number of pyridine rings is 1. The van der Waals surface area contributed by atoms with E-state index in [1.54, 1.807) is 12.1 Å². The molecule has 1 aromatic carbocycles. The second-order valence-corrected chi connectivity index (χ2v) is 7.76. The minimum absolute atomic E-state index is 0.0828. The summed E-state index contributed by atoms with van der Waals surface area (Å²) in [5.41, 5.74) is 0.965. The Bertz CT molecular complexity index is 1090. The van der Waals surface area contributed by atoms with Crippen LogP contribution >= 0.6 is 11.6 Å². The summed E-state index contributed by atoms with van der Waals surface area (Å²) in [4.78, 5) is 16.5. The number of rotatable bonds is 5. The van der Waals surface area contributed by atoms with Gasteiger partial charge in [-0.05, 0) is 29.8 Å². The van der Waals surface area contributed by atoms with E-state index in [2.05, 4.69) is 10.3 Å². The molecule has 3 rings (SSSR count). The molecule has 3 aromatic rings. The Kier molecular flexibility index (Phi) is 5.26. The molecule has 0 atom stereocenters. The first kappa shape index (κ1) is 19.0. The quantitative estimate of drug-likeness (QED) is 0.614. The van der Waals surface area contributed by atoms with Crippen molar-refractivity contribution in [2.75, 3.05) is 0 Å². The number of carbonyl (C=O) groups is 1. The number of primary sulfonamides is 1. The van der Waals surface area contributed by atoms with Gasteiger partial charge >= 0.3 is 0 Å². The maximum absolute atomic E-state index is 12.3. The summed E-state index contributed by atoms with van der Waals surface area (Å²) in [5.74, 6) is 0.359. The Balaban J connectivity index is 1.68. The van der Waals surface area contributed by atoms with Crippen molar-refractivity contribution in [2.45, 2.75) is 11.4 Å². The zero-order valence-electron chi connectivity index (χ0n) is 14.3. The van der Waals surface area contributed by atoms with Crippen molar-refractivity contribution in [3.8, 4) is 5.82 Å². The van der Waals surface area contributed by atoms with Crippen molar-refractivity contribution < 1.29 is 17.9 Å². The number of nitrogens with zero attached hydrogens (tertiary/aromatic N) is 3. The van der Waals surface area contributed by atoms with Crippen molar-refractivity contribution in [3.05, 3.63) is 71.1 Å². The van der Waals surface area contributed by atoms with Gasteiger partial charge in [0.2, 0.25) is 10.0 Å². The lowest BCUT2D eigenvalue weighted by molar-refractivity contribution is -0.744. The molecule has 0 radical (unpaired) electrons. The summed E-state index contributed by atoms with van der Waals surface area (Å²) < 4.78 is 26.3.